The number of aliphatic imine (C=N–C) groups is 2. The van der Waals surface area contributed by atoms with Crippen LogP contribution in [0, 0.1) is 5.92 Å². The van der Waals surface area contributed by atoms with Crippen LogP contribution in [0.25, 0.3) is 10.9 Å². The summed E-state index contributed by atoms with van der Waals surface area (Å²) in [5.41, 5.74) is 29.7. The molecule has 41 nitrogen and oxygen atoms in total. The first-order chi connectivity index (χ1) is 62.4. The average molecular weight is 1840 g/mol. The third-order valence-electron chi connectivity index (χ3n) is 22.0. The van der Waals surface area contributed by atoms with E-state index in [0.29, 0.717) is 36.8 Å². The molecule has 2 aromatic carbocycles. The fourth-order valence-electron chi connectivity index (χ4n) is 14.9. The fraction of sp³-hybridized carbons (Fsp3) is 0.648. The number of ether oxygens (including phenoxy) is 2. The molecule has 1 aliphatic heterocycles. The lowest BCUT2D eigenvalue weighted by atomic mass is 9.88. The van der Waals surface area contributed by atoms with Crippen molar-refractivity contribution in [1.82, 2.24) is 78.8 Å². The number of Topliss-reactive ketones (excluding diaryl/α,β-unsaturated/α-hetero) is 4. The second kappa shape index (κ2) is 62.8. The highest BCUT2D eigenvalue weighted by atomic mass is 32.2. The van der Waals surface area contributed by atoms with Crippen molar-refractivity contribution in [3.63, 3.8) is 0 Å². The van der Waals surface area contributed by atoms with Gasteiger partial charge in [-0.3, -0.25) is 72.3 Å². The molecule has 5 rings (SSSR count). The first kappa shape index (κ1) is 109. The molecule has 722 valence electrons. The minimum absolute atomic E-state index is 0.00384. The summed E-state index contributed by atoms with van der Waals surface area (Å²) in [6, 6.07) is 2.92. The first-order valence-corrected chi connectivity index (χ1v) is 47.5. The number of rotatable bonds is 58. The number of carbonyl (C=O) groups is 14. The molecule has 1 aliphatic rings. The zero-order valence-electron chi connectivity index (χ0n) is 75.3. The Kier molecular flexibility index (Phi) is 52.7. The molecule has 3 heterocycles. The maximum atomic E-state index is 15.5. The molecule has 0 radical (unpaired) electrons. The van der Waals surface area contributed by atoms with E-state index in [-0.39, 0.29) is 184 Å². The molecule has 9 atom stereocenters. The Labute approximate surface area is 760 Å². The lowest BCUT2D eigenvalue weighted by Gasteiger charge is -2.28. The Morgan fingerprint density at radius 1 is 0.577 bits per heavy atom. The standard InChI is InChI=1S/C88H140N22O19S/c1-3-4-36-70(103-85(124)74(56-111)106-80(119)69(39-27-45-95-86(89)90)99-77(116)57-129-51-50-128-49-48-94-76(115)42-29-52-130(126,127)58-63(114)33-20-14-12-10-8-6-5-7-9-11-13-15-23-41-75-107-109-110-108-75)81(120)101-68-44-43-62(113)32-21-17-22-37-66(59(2)112)100-84(123)73(54-61-55-98-67-38-25-24-34-64(61)67)105-82(121)71(40-28-46-96-87(91)92)102-83(122)72(53-60-30-18-16-19-31-60)104-79(118)65(78(68)117)35-26-47-97-88(93)125/h16,18-19,24-25,30-31,34,38,55,65-66,68-74,98,111H,3-15,17,20-23,26-29,32-33,35-37,39-54,56-58H2,1-2H3,(H,94,115)(H,99,116)(H,100,123)(H,101,120)(H,102,122)(H,103,124)(H,104,118)(H,105,121)(H,106,119)(H4,89,90,95)(H4,91,92,96)(H3,93,97,125)(H,107,108,109,110)/t65-,66+,68+,69+,70+,71+,72-,73+,74+/m1/s1. The number of aliphatic hydroxyl groups excluding tert-OH is 1. The second-order valence-corrected chi connectivity index (χ2v) is 35.1. The number of unbranched alkanes of at least 4 members (excludes halogenated alkanes) is 13. The van der Waals surface area contributed by atoms with E-state index >= 15 is 14.4 Å². The van der Waals surface area contributed by atoms with Crippen molar-refractivity contribution in [2.45, 2.75) is 287 Å². The van der Waals surface area contributed by atoms with Crippen molar-refractivity contribution in [3.8, 4) is 0 Å². The highest BCUT2D eigenvalue weighted by Crippen LogP contribution is 2.23. The van der Waals surface area contributed by atoms with E-state index in [1.807, 2.05) is 18.2 Å². The zero-order chi connectivity index (χ0) is 94.9. The summed E-state index contributed by atoms with van der Waals surface area (Å²) < 4.78 is 36.4. The topological polar surface area (TPSA) is 657 Å². The van der Waals surface area contributed by atoms with Crippen molar-refractivity contribution < 1.29 is 90.1 Å². The number of fused-ring (bicyclic) bond motifs is 1. The van der Waals surface area contributed by atoms with Gasteiger partial charge in [0, 0.05) is 88.2 Å². The van der Waals surface area contributed by atoms with Gasteiger partial charge >= 0.3 is 6.03 Å². The van der Waals surface area contributed by atoms with Crippen LogP contribution < -0.4 is 81.8 Å². The number of ketones is 4. The lowest BCUT2D eigenvalue weighted by molar-refractivity contribution is -0.140. The number of amides is 11. The summed E-state index contributed by atoms with van der Waals surface area (Å²) in [5.74, 6) is -12.3. The number of tetrazole rings is 1. The maximum Gasteiger partial charge on any atom is 0.312 e. The van der Waals surface area contributed by atoms with Crippen LogP contribution in [-0.2, 0) is 101 Å². The monoisotopic (exact) mass is 1840 g/mol. The number of benzene rings is 2. The number of nitrogens with zero attached hydrogens (tertiary/aromatic N) is 5. The smallest absolute Gasteiger partial charge is 0.312 e. The van der Waals surface area contributed by atoms with Crippen molar-refractivity contribution >= 4 is 115 Å². The predicted octanol–water partition coefficient (Wildman–Crippen LogP) is 1.79. The number of carbonyl (C=O) groups excluding carboxylic acids is 14. The molecule has 0 saturated carbocycles. The molecule has 1 fully saturated rings. The van der Waals surface area contributed by atoms with Crippen LogP contribution in [0.15, 0.2) is 70.8 Å². The molecule has 23 N–H and O–H groups in total. The number of nitrogens with one attached hydrogen (secondary N) is 12. The molecule has 4 aromatic rings. The van der Waals surface area contributed by atoms with E-state index in [4.69, 9.17) is 38.1 Å². The number of guanidine groups is 2. The van der Waals surface area contributed by atoms with Gasteiger partial charge < -0.3 is 101 Å². The number of primary amides is 1. The lowest BCUT2D eigenvalue weighted by Crippen LogP contribution is -2.60. The van der Waals surface area contributed by atoms with Gasteiger partial charge in [0.05, 0.1) is 50.2 Å². The van der Waals surface area contributed by atoms with Crippen molar-refractivity contribution in [2.24, 2.45) is 44.6 Å². The Bertz CT molecular complexity index is 4360. The highest BCUT2D eigenvalue weighted by molar-refractivity contribution is 7.92. The van der Waals surface area contributed by atoms with E-state index in [1.54, 1.807) is 49.5 Å². The fourth-order valence-corrected chi connectivity index (χ4v) is 16.2. The predicted molar refractivity (Wildman–Crippen MR) is 487 cm³/mol. The van der Waals surface area contributed by atoms with E-state index in [1.165, 1.54) is 45.4 Å². The number of para-hydroxylation sites is 1. The number of H-pyrrole nitrogens is 2. The summed E-state index contributed by atoms with van der Waals surface area (Å²) in [6.45, 7) is 1.22. The Hall–Kier alpha value is -11.4. The van der Waals surface area contributed by atoms with Gasteiger partial charge in [0.25, 0.3) is 0 Å². The van der Waals surface area contributed by atoms with Gasteiger partial charge in [0.2, 0.25) is 53.2 Å². The number of aliphatic hydroxyl groups is 1. The van der Waals surface area contributed by atoms with Crippen LogP contribution in [0.5, 0.6) is 0 Å². The van der Waals surface area contributed by atoms with Crippen molar-refractivity contribution in [1.29, 1.82) is 0 Å². The minimum atomic E-state index is -3.70. The van der Waals surface area contributed by atoms with Gasteiger partial charge in [-0.15, -0.1) is 10.2 Å². The Morgan fingerprint density at radius 2 is 1.18 bits per heavy atom. The molecular weight excluding hydrogens is 1700 g/mol. The summed E-state index contributed by atoms with van der Waals surface area (Å²) in [7, 11) is -3.70. The number of aromatic nitrogens is 5. The molecule has 0 aliphatic carbocycles. The molecule has 2 aromatic heterocycles. The Balaban J connectivity index is 1.22. The third-order valence-corrected chi connectivity index (χ3v) is 23.7. The normalized spacial score (nSPS) is 17.7. The minimum Gasteiger partial charge on any atom is -0.394 e. The third kappa shape index (κ3) is 45.7. The number of nitrogens with two attached hydrogens (primary N) is 5. The molecule has 42 heteroatoms. The van der Waals surface area contributed by atoms with Gasteiger partial charge in [0.15, 0.2) is 39.1 Å². The second-order valence-electron chi connectivity index (χ2n) is 32.9. The number of sulfone groups is 1. The molecule has 0 bridgehead atoms. The van der Waals surface area contributed by atoms with E-state index in [0.717, 1.165) is 61.7 Å². The van der Waals surface area contributed by atoms with Gasteiger partial charge in [-0.1, -0.05) is 157 Å². The van der Waals surface area contributed by atoms with Crippen LogP contribution in [0.4, 0.5) is 4.79 Å². The average Bonchev–Trinajstić information content (AvgIpc) is 1.67. The molecule has 0 unspecified atom stereocenters. The number of aryl methyl sites for hydroxylation is 1. The molecule has 130 heavy (non-hydrogen) atoms. The van der Waals surface area contributed by atoms with Gasteiger partial charge in [0.1, 0.15) is 60.2 Å². The van der Waals surface area contributed by atoms with Gasteiger partial charge in [-0.25, -0.2) is 13.2 Å². The number of urea groups is 1. The largest absolute Gasteiger partial charge is 0.394 e. The van der Waals surface area contributed by atoms with Crippen LogP contribution in [0.2, 0.25) is 0 Å². The van der Waals surface area contributed by atoms with Crippen LogP contribution in [-0.4, -0.2) is 252 Å². The van der Waals surface area contributed by atoms with E-state index in [9.17, 15) is 66.3 Å². The van der Waals surface area contributed by atoms with E-state index in [2.05, 4.69) is 88.8 Å². The summed E-state index contributed by atoms with van der Waals surface area (Å²) in [5, 5.41) is 51.9. The number of hydrogen-bond donors (Lipinski definition) is 18. The van der Waals surface area contributed by atoms with Crippen LogP contribution in [0.3, 0.4) is 0 Å². The Morgan fingerprint density at radius 3 is 1.85 bits per heavy atom. The zero-order valence-corrected chi connectivity index (χ0v) is 76.1. The quantitative estimate of drug-likeness (QED) is 0.0130. The van der Waals surface area contributed by atoms with Gasteiger partial charge in [-0.05, 0) is 108 Å². The highest BCUT2D eigenvalue weighted by Gasteiger charge is 2.39. The number of hydrogen-bond acceptors (Lipinski definition) is 24. The van der Waals surface area contributed by atoms with Crippen LogP contribution in [0.1, 0.15) is 236 Å². The SMILES string of the molecule is CCCC[C@H](NC(=O)[C@H](CO)NC(=O)[C@H](CCCN=C(N)N)NC(=O)COCCOCCNC(=O)CCCS(=O)(=O)CC(=O)CCCCCCCCCCCCCCCc1nn[nH]n1)C(=O)N[C@H]1CCC(=O)CCCCC[C@@H](C(C)=O)NC(=O)[C@H](Cc2c[nH]c3ccccc23)NC(=O)[C@H](CCCN=C(N)N)NC(=O)[C@@H](Cc2ccccc2)NC(=O)[C@H](CCCNC(N)=O)C1=O. The van der Waals surface area contributed by atoms with Gasteiger partial charge in [-0.2, -0.15) is 5.21 Å². The molecule has 11 amide bonds. The van der Waals surface area contributed by atoms with Crippen LogP contribution >= 0.6 is 0 Å². The molecule has 1 saturated heterocycles. The summed E-state index contributed by atoms with van der Waals surface area (Å²) >= 11 is 0. The first-order valence-electron chi connectivity index (χ1n) is 45.6. The van der Waals surface area contributed by atoms with E-state index < -0.39 is 160 Å². The number of aromatic amines is 2. The summed E-state index contributed by atoms with van der Waals surface area (Å²) in [4.78, 5) is 208. The molecule has 0 spiro atoms. The van der Waals surface area contributed by atoms with Crippen molar-refractivity contribution in [2.75, 3.05) is 70.7 Å². The summed E-state index contributed by atoms with van der Waals surface area (Å²) in [6.07, 6.45) is 16.9. The molecular formula is C88H140N22O19S. The maximum absolute atomic E-state index is 15.5. The van der Waals surface area contributed by atoms with Crippen molar-refractivity contribution in [3.05, 3.63) is 77.7 Å².